The first-order valence-electron chi connectivity index (χ1n) is 20.1. The van der Waals surface area contributed by atoms with E-state index in [2.05, 4.69) is 21.8 Å². The molecule has 2 heterocycles. The molecule has 0 fully saturated rings. The number of para-hydroxylation sites is 2. The highest BCUT2D eigenvalue weighted by Crippen LogP contribution is 2.45. The Hall–Kier alpha value is -9.10. The average Bonchev–Trinajstić information content (AvgIpc) is 3.84. The molecular formula is C54H26F6N6. The lowest BCUT2D eigenvalue weighted by atomic mass is 9.98. The minimum Gasteiger partial charge on any atom is -0.309 e. The van der Waals surface area contributed by atoms with Crippen molar-refractivity contribution in [2.75, 3.05) is 0 Å². The predicted molar refractivity (Wildman–Crippen MR) is 243 cm³/mol. The van der Waals surface area contributed by atoms with Crippen molar-refractivity contribution in [2.24, 2.45) is 0 Å². The number of hydrogen-bond acceptors (Lipinski definition) is 2. The van der Waals surface area contributed by atoms with Crippen LogP contribution in [0, 0.1) is 35.8 Å². The van der Waals surface area contributed by atoms with Crippen LogP contribution in [0.3, 0.4) is 0 Å². The summed E-state index contributed by atoms with van der Waals surface area (Å²) in [6.07, 6.45) is -9.72. The number of alkyl halides is 6. The smallest absolute Gasteiger partial charge is 0.309 e. The van der Waals surface area contributed by atoms with Gasteiger partial charge in [0.2, 0.25) is 0 Å². The van der Waals surface area contributed by atoms with Gasteiger partial charge in [0.05, 0.1) is 69.9 Å². The van der Waals surface area contributed by atoms with Gasteiger partial charge in [0.15, 0.2) is 11.4 Å². The summed E-state index contributed by atoms with van der Waals surface area (Å²) in [5.41, 5.74) is 2.62. The topological polar surface area (TPSA) is 66.2 Å². The fourth-order valence-corrected chi connectivity index (χ4v) is 8.91. The van der Waals surface area contributed by atoms with Gasteiger partial charge in [0, 0.05) is 32.7 Å². The number of hydrogen-bond donors (Lipinski definition) is 0. The standard InChI is InChI=1S/C54H26F6N6/c1-63-39-21-31(29-61)19-37(23-39)35-11-15-43-41-7-3-5-9-47(41)65(49(43)25-35)51-27-33(13-17-45(51)53(55,56)57)34-14-18-46(54(58,59)60)52(28-34)66-48-10-6-4-8-42(48)44-16-12-36(26-50(44)66)38-20-32(30-62)22-40(24-38)64-2/h3-28H. The van der Waals surface area contributed by atoms with Crippen LogP contribution in [0.4, 0.5) is 37.7 Å². The lowest BCUT2D eigenvalue weighted by molar-refractivity contribution is -0.138. The second-order valence-corrected chi connectivity index (χ2v) is 15.6. The summed E-state index contributed by atoms with van der Waals surface area (Å²) in [7, 11) is 0. The molecule has 0 bridgehead atoms. The molecule has 10 aromatic rings. The minimum absolute atomic E-state index is 0.208. The zero-order valence-electron chi connectivity index (χ0n) is 34.0. The molecule has 0 radical (unpaired) electrons. The molecule has 0 spiro atoms. The third kappa shape index (κ3) is 6.82. The molecule has 0 saturated heterocycles. The highest BCUT2D eigenvalue weighted by Gasteiger charge is 2.37. The van der Waals surface area contributed by atoms with Gasteiger partial charge in [-0.3, -0.25) is 0 Å². The van der Waals surface area contributed by atoms with Gasteiger partial charge in [0.1, 0.15) is 0 Å². The van der Waals surface area contributed by atoms with Crippen molar-refractivity contribution >= 4 is 55.0 Å². The van der Waals surface area contributed by atoms with Crippen LogP contribution in [0.1, 0.15) is 22.3 Å². The van der Waals surface area contributed by atoms with Crippen molar-refractivity contribution in [2.45, 2.75) is 12.4 Å². The van der Waals surface area contributed by atoms with Gasteiger partial charge < -0.3 is 9.13 Å². The van der Waals surface area contributed by atoms with Crippen LogP contribution in [0.2, 0.25) is 0 Å². The molecular weight excluding hydrogens is 847 g/mol. The Morgan fingerprint density at radius 2 is 0.758 bits per heavy atom. The van der Waals surface area contributed by atoms with Gasteiger partial charge in [-0.2, -0.15) is 36.9 Å². The number of aromatic nitrogens is 2. The van der Waals surface area contributed by atoms with Crippen LogP contribution >= 0.6 is 0 Å². The number of rotatable bonds is 5. The first kappa shape index (κ1) is 40.9. The van der Waals surface area contributed by atoms with E-state index in [1.165, 1.54) is 45.5 Å². The van der Waals surface area contributed by atoms with Crippen molar-refractivity contribution in [1.29, 1.82) is 10.5 Å². The van der Waals surface area contributed by atoms with Crippen LogP contribution in [0.25, 0.3) is 98.1 Å². The predicted octanol–water partition coefficient (Wildman–Crippen LogP) is 15.8. The molecule has 314 valence electrons. The van der Waals surface area contributed by atoms with Crippen LogP contribution < -0.4 is 0 Å². The zero-order chi connectivity index (χ0) is 46.1. The summed E-state index contributed by atoms with van der Waals surface area (Å²) in [6.45, 7) is 15.1. The van der Waals surface area contributed by atoms with Crippen LogP contribution in [0.5, 0.6) is 0 Å². The third-order valence-electron chi connectivity index (χ3n) is 11.8. The van der Waals surface area contributed by atoms with E-state index in [4.69, 9.17) is 13.1 Å². The second-order valence-electron chi connectivity index (χ2n) is 15.6. The maximum absolute atomic E-state index is 15.2. The van der Waals surface area contributed by atoms with Crippen molar-refractivity contribution in [3.63, 3.8) is 0 Å². The van der Waals surface area contributed by atoms with Crippen LogP contribution in [-0.4, -0.2) is 9.13 Å². The fraction of sp³-hybridized carbons (Fsp3) is 0.0370. The highest BCUT2D eigenvalue weighted by molar-refractivity contribution is 6.11. The van der Waals surface area contributed by atoms with Crippen LogP contribution in [0.15, 0.2) is 158 Å². The molecule has 2 aromatic heterocycles. The van der Waals surface area contributed by atoms with E-state index in [1.807, 2.05) is 0 Å². The number of benzene rings is 8. The maximum atomic E-state index is 15.2. The second kappa shape index (κ2) is 15.3. The summed E-state index contributed by atoms with van der Waals surface area (Å²) >= 11 is 0. The summed E-state index contributed by atoms with van der Waals surface area (Å²) in [5, 5.41) is 21.9. The Morgan fingerprint density at radius 1 is 0.394 bits per heavy atom. The van der Waals surface area contributed by atoms with E-state index in [1.54, 1.807) is 109 Å². The third-order valence-corrected chi connectivity index (χ3v) is 11.8. The minimum atomic E-state index is -4.86. The first-order chi connectivity index (χ1) is 31.8. The van der Waals surface area contributed by atoms with E-state index >= 15 is 26.3 Å². The Morgan fingerprint density at radius 3 is 1.14 bits per heavy atom. The van der Waals surface area contributed by atoms with Gasteiger partial charge in [0.25, 0.3) is 0 Å². The molecule has 0 amide bonds. The number of halogens is 6. The monoisotopic (exact) mass is 872 g/mol. The average molecular weight is 873 g/mol. The summed E-state index contributed by atoms with van der Waals surface area (Å²) in [4.78, 5) is 6.98. The van der Waals surface area contributed by atoms with Crippen molar-refractivity contribution in [3.05, 3.63) is 203 Å². The molecule has 66 heavy (non-hydrogen) atoms. The summed E-state index contributed by atoms with van der Waals surface area (Å²) in [5.74, 6) is 0. The van der Waals surface area contributed by atoms with E-state index in [-0.39, 0.29) is 45.0 Å². The van der Waals surface area contributed by atoms with Gasteiger partial charge in [-0.25, -0.2) is 9.69 Å². The van der Waals surface area contributed by atoms with E-state index < -0.39 is 23.5 Å². The van der Waals surface area contributed by atoms with Gasteiger partial charge in [-0.1, -0.05) is 72.8 Å². The van der Waals surface area contributed by atoms with Gasteiger partial charge in [-0.15, -0.1) is 0 Å². The molecule has 0 N–H and O–H groups in total. The Balaban J connectivity index is 1.22. The first-order valence-corrected chi connectivity index (χ1v) is 20.1. The maximum Gasteiger partial charge on any atom is 0.418 e. The van der Waals surface area contributed by atoms with Gasteiger partial charge >= 0.3 is 12.4 Å². The summed E-state index contributed by atoms with van der Waals surface area (Å²) < 4.78 is 94.3. The van der Waals surface area contributed by atoms with Crippen molar-refractivity contribution in [1.82, 2.24) is 9.13 Å². The molecule has 0 atom stereocenters. The highest BCUT2D eigenvalue weighted by atomic mass is 19.4. The Kier molecular flexibility index (Phi) is 9.50. The summed E-state index contributed by atoms with van der Waals surface area (Å²) in [6, 6.07) is 44.9. The molecule has 12 heteroatoms. The molecule has 8 aromatic carbocycles. The van der Waals surface area contributed by atoms with Crippen molar-refractivity contribution < 1.29 is 26.3 Å². The van der Waals surface area contributed by atoms with Gasteiger partial charge in [-0.05, 0) is 118 Å². The quantitative estimate of drug-likeness (QED) is 0.128. The van der Waals surface area contributed by atoms with Crippen LogP contribution in [-0.2, 0) is 12.4 Å². The largest absolute Gasteiger partial charge is 0.418 e. The lowest BCUT2D eigenvalue weighted by Crippen LogP contribution is -2.12. The number of nitrogens with zero attached hydrogens (tertiary/aromatic N) is 6. The van der Waals surface area contributed by atoms with Crippen molar-refractivity contribution in [3.8, 4) is 56.9 Å². The molecule has 6 nitrogen and oxygen atoms in total. The van der Waals surface area contributed by atoms with E-state index in [0.717, 1.165) is 12.1 Å². The number of fused-ring (bicyclic) bond motifs is 6. The molecule has 0 aliphatic heterocycles. The fourth-order valence-electron chi connectivity index (χ4n) is 8.91. The Bertz CT molecular complexity index is 3540. The molecule has 10 rings (SSSR count). The SMILES string of the molecule is [C-]#[N+]c1cc(C#N)cc(-c2ccc3c4ccccc4n(-c4cc(-c5ccc(C(F)(F)F)c(-n6c7ccccc7c7ccc(-c8cc(C#N)cc([N+]#[C-])c8)cc76)c5)ccc4C(F)(F)F)c3c2)c1. The van der Waals surface area contributed by atoms with E-state index in [9.17, 15) is 10.5 Å². The molecule has 0 unspecified atom stereocenters. The lowest BCUT2D eigenvalue weighted by Gasteiger charge is -2.20. The van der Waals surface area contributed by atoms with E-state index in [0.29, 0.717) is 65.9 Å². The Labute approximate surface area is 371 Å². The number of nitriles is 2. The zero-order valence-corrected chi connectivity index (χ0v) is 34.0. The molecule has 0 aliphatic carbocycles. The molecule has 0 saturated carbocycles. The normalized spacial score (nSPS) is 11.7. The molecule has 0 aliphatic rings.